The highest BCUT2D eigenvalue weighted by Gasteiger charge is 2.28. The van der Waals surface area contributed by atoms with Crippen LogP contribution in [0, 0.1) is 5.92 Å². The van der Waals surface area contributed by atoms with E-state index in [-0.39, 0.29) is 36.1 Å². The number of nitrogens with one attached hydrogen (secondary N) is 2. The maximum Gasteiger partial charge on any atom is 0.407 e. The number of aliphatic imine (C=N–C) groups is 1. The van der Waals surface area contributed by atoms with Gasteiger partial charge in [-0.2, -0.15) is 0 Å². The number of alkyl carbamates (subject to hydrolysis) is 1. The van der Waals surface area contributed by atoms with Crippen LogP contribution in [0.3, 0.4) is 0 Å². The molecule has 9 heteroatoms. The Morgan fingerprint density at radius 3 is 2.45 bits per heavy atom. The Morgan fingerprint density at radius 1 is 1.17 bits per heavy atom. The zero-order valence-electron chi connectivity index (χ0n) is 18.7. The highest BCUT2D eigenvalue weighted by atomic mass is 127. The Labute approximate surface area is 193 Å². The van der Waals surface area contributed by atoms with E-state index in [9.17, 15) is 4.79 Å². The average molecular weight is 525 g/mol. The molecule has 1 atom stereocenters. The number of halogens is 1. The third-order valence-corrected chi connectivity index (χ3v) is 5.29. The lowest BCUT2D eigenvalue weighted by Gasteiger charge is -2.32. The molecule has 2 N–H and O–H groups in total. The molecule has 2 saturated heterocycles. The summed E-state index contributed by atoms with van der Waals surface area (Å²) in [6, 6.07) is 0.0948. The SMILES string of the molecule is CN=C(NCC1CCN(CCOC)CC1)N1CCC(NC(=O)OC(C)(C)C)C1.I. The summed E-state index contributed by atoms with van der Waals surface area (Å²) in [6.45, 7) is 12.3. The smallest absolute Gasteiger partial charge is 0.407 e. The zero-order valence-corrected chi connectivity index (χ0v) is 21.0. The van der Waals surface area contributed by atoms with Crippen molar-refractivity contribution in [3.8, 4) is 0 Å². The summed E-state index contributed by atoms with van der Waals surface area (Å²) in [4.78, 5) is 21.1. The lowest BCUT2D eigenvalue weighted by atomic mass is 9.97. The Bertz CT molecular complexity index is 519. The van der Waals surface area contributed by atoms with E-state index >= 15 is 0 Å². The van der Waals surface area contributed by atoms with Crippen molar-refractivity contribution < 1.29 is 14.3 Å². The van der Waals surface area contributed by atoms with Crippen molar-refractivity contribution in [1.29, 1.82) is 0 Å². The number of nitrogens with zero attached hydrogens (tertiary/aromatic N) is 3. The fraction of sp³-hybridized carbons (Fsp3) is 0.900. The first-order valence-electron chi connectivity index (χ1n) is 10.5. The number of ether oxygens (including phenoxy) is 2. The third-order valence-electron chi connectivity index (χ3n) is 5.29. The first-order chi connectivity index (χ1) is 13.3. The quantitative estimate of drug-likeness (QED) is 0.315. The highest BCUT2D eigenvalue weighted by molar-refractivity contribution is 14.0. The van der Waals surface area contributed by atoms with Crippen LogP contribution in [-0.4, -0.2) is 93.5 Å². The van der Waals surface area contributed by atoms with E-state index < -0.39 is 5.60 Å². The van der Waals surface area contributed by atoms with E-state index in [4.69, 9.17) is 9.47 Å². The van der Waals surface area contributed by atoms with Crippen LogP contribution in [0.15, 0.2) is 4.99 Å². The molecule has 8 nitrogen and oxygen atoms in total. The number of carbonyl (C=O) groups excluding carboxylic acids is 1. The van der Waals surface area contributed by atoms with E-state index in [0.717, 1.165) is 58.3 Å². The fourth-order valence-corrected chi connectivity index (χ4v) is 3.75. The molecular weight excluding hydrogens is 485 g/mol. The maximum atomic E-state index is 12.0. The second-order valence-corrected chi connectivity index (χ2v) is 8.78. The number of likely N-dealkylation sites (tertiary alicyclic amines) is 2. The number of rotatable bonds is 6. The van der Waals surface area contributed by atoms with Gasteiger partial charge in [-0.1, -0.05) is 0 Å². The van der Waals surface area contributed by atoms with Gasteiger partial charge < -0.3 is 29.9 Å². The minimum Gasteiger partial charge on any atom is -0.444 e. The lowest BCUT2D eigenvalue weighted by Crippen LogP contribution is -2.46. The molecule has 170 valence electrons. The molecule has 2 aliphatic heterocycles. The van der Waals surface area contributed by atoms with Crippen molar-refractivity contribution in [2.24, 2.45) is 10.9 Å². The summed E-state index contributed by atoms with van der Waals surface area (Å²) in [5, 5.41) is 6.51. The van der Waals surface area contributed by atoms with Crippen LogP contribution in [0.25, 0.3) is 0 Å². The number of carbonyl (C=O) groups is 1. The van der Waals surface area contributed by atoms with E-state index in [1.54, 1.807) is 7.11 Å². The average Bonchev–Trinajstić information content (AvgIpc) is 3.08. The molecule has 2 aliphatic rings. The van der Waals surface area contributed by atoms with Gasteiger partial charge >= 0.3 is 6.09 Å². The Hall–Kier alpha value is -0.810. The second-order valence-electron chi connectivity index (χ2n) is 8.78. The number of amides is 1. The van der Waals surface area contributed by atoms with Crippen LogP contribution in [0.5, 0.6) is 0 Å². The van der Waals surface area contributed by atoms with Gasteiger partial charge in [0.25, 0.3) is 0 Å². The van der Waals surface area contributed by atoms with Gasteiger partial charge in [-0.25, -0.2) is 4.79 Å². The first-order valence-corrected chi connectivity index (χ1v) is 10.5. The first kappa shape index (κ1) is 26.2. The standard InChI is InChI=1S/C20H39N5O3.HI/c1-20(2,3)28-19(26)23-17-8-11-25(15-17)18(21-4)22-14-16-6-9-24(10-7-16)12-13-27-5;/h16-17H,6-15H2,1-5H3,(H,21,22)(H,23,26);1H. The zero-order chi connectivity index (χ0) is 20.6. The van der Waals surface area contributed by atoms with Gasteiger partial charge in [-0.3, -0.25) is 4.99 Å². The molecular formula is C20H40IN5O3. The number of guanidine groups is 1. The van der Waals surface area contributed by atoms with Gasteiger partial charge in [0.1, 0.15) is 5.60 Å². The monoisotopic (exact) mass is 525 g/mol. The molecule has 2 fully saturated rings. The Kier molecular flexibility index (Phi) is 11.6. The molecule has 29 heavy (non-hydrogen) atoms. The molecule has 0 saturated carbocycles. The fourth-order valence-electron chi connectivity index (χ4n) is 3.75. The van der Waals surface area contributed by atoms with Crippen LogP contribution in [0.4, 0.5) is 4.79 Å². The molecule has 0 aromatic heterocycles. The molecule has 0 bridgehead atoms. The number of methoxy groups -OCH3 is 1. The summed E-state index contributed by atoms with van der Waals surface area (Å²) in [5.41, 5.74) is -0.473. The Balaban J connectivity index is 0.00000420. The number of hydrogen-bond acceptors (Lipinski definition) is 5. The minimum absolute atomic E-state index is 0. The van der Waals surface area contributed by atoms with Crippen molar-refractivity contribution in [1.82, 2.24) is 20.4 Å². The van der Waals surface area contributed by atoms with E-state index in [0.29, 0.717) is 5.92 Å². The van der Waals surface area contributed by atoms with Crippen molar-refractivity contribution in [2.45, 2.75) is 51.7 Å². The van der Waals surface area contributed by atoms with Crippen LogP contribution >= 0.6 is 24.0 Å². The van der Waals surface area contributed by atoms with Crippen molar-refractivity contribution >= 4 is 36.0 Å². The minimum atomic E-state index is -0.473. The van der Waals surface area contributed by atoms with Crippen molar-refractivity contribution in [2.75, 3.05) is 60.0 Å². The van der Waals surface area contributed by atoms with Crippen molar-refractivity contribution in [3.63, 3.8) is 0 Å². The lowest BCUT2D eigenvalue weighted by molar-refractivity contribution is 0.0507. The van der Waals surface area contributed by atoms with Gasteiger partial charge in [-0.05, 0) is 59.0 Å². The predicted octanol–water partition coefficient (Wildman–Crippen LogP) is 2.14. The topological polar surface area (TPSA) is 78.4 Å². The molecule has 0 aromatic rings. The van der Waals surface area contributed by atoms with Gasteiger partial charge in [0.15, 0.2) is 5.96 Å². The second kappa shape index (κ2) is 12.8. The van der Waals surface area contributed by atoms with Crippen LogP contribution in [-0.2, 0) is 9.47 Å². The molecule has 0 aliphatic carbocycles. The Morgan fingerprint density at radius 2 is 1.86 bits per heavy atom. The summed E-state index contributed by atoms with van der Waals surface area (Å²) in [6.07, 6.45) is 2.97. The van der Waals surface area contributed by atoms with Gasteiger partial charge in [0.05, 0.1) is 12.6 Å². The van der Waals surface area contributed by atoms with E-state index in [1.165, 1.54) is 12.8 Å². The van der Waals surface area contributed by atoms with Crippen molar-refractivity contribution in [3.05, 3.63) is 0 Å². The molecule has 0 spiro atoms. The normalized spacial score (nSPS) is 21.6. The number of hydrogen-bond donors (Lipinski definition) is 2. The van der Waals surface area contributed by atoms with Crippen LogP contribution in [0.2, 0.25) is 0 Å². The van der Waals surface area contributed by atoms with E-state index in [1.807, 2.05) is 27.8 Å². The molecule has 0 radical (unpaired) electrons. The predicted molar refractivity (Wildman–Crippen MR) is 127 cm³/mol. The summed E-state index contributed by atoms with van der Waals surface area (Å²) < 4.78 is 10.5. The molecule has 0 aromatic carbocycles. The molecule has 1 amide bonds. The largest absolute Gasteiger partial charge is 0.444 e. The summed E-state index contributed by atoms with van der Waals surface area (Å²) in [5.74, 6) is 1.60. The van der Waals surface area contributed by atoms with Gasteiger partial charge in [-0.15, -0.1) is 24.0 Å². The highest BCUT2D eigenvalue weighted by Crippen LogP contribution is 2.17. The van der Waals surface area contributed by atoms with Gasteiger partial charge in [0, 0.05) is 40.3 Å². The maximum absolute atomic E-state index is 12.0. The molecule has 2 heterocycles. The van der Waals surface area contributed by atoms with Gasteiger partial charge in [0.2, 0.25) is 0 Å². The van der Waals surface area contributed by atoms with E-state index in [2.05, 4.69) is 25.4 Å². The molecule has 1 unspecified atom stereocenters. The van der Waals surface area contributed by atoms with Crippen LogP contribution in [0.1, 0.15) is 40.0 Å². The third kappa shape index (κ3) is 9.69. The van der Waals surface area contributed by atoms with Crippen LogP contribution < -0.4 is 10.6 Å². The summed E-state index contributed by atoms with van der Waals surface area (Å²) >= 11 is 0. The summed E-state index contributed by atoms with van der Waals surface area (Å²) in [7, 11) is 3.58. The number of piperidine rings is 1. The molecule has 2 rings (SSSR count).